The summed E-state index contributed by atoms with van der Waals surface area (Å²) in [5.41, 5.74) is 1.73. The zero-order valence-corrected chi connectivity index (χ0v) is 16.9. The number of nitrogens with one attached hydrogen (secondary N) is 1. The number of methoxy groups -OCH3 is 1. The van der Waals surface area contributed by atoms with Crippen LogP contribution < -0.4 is 10.9 Å². The summed E-state index contributed by atoms with van der Waals surface area (Å²) in [5.74, 6) is -1.01. The van der Waals surface area contributed by atoms with Gasteiger partial charge in [0.15, 0.2) is 0 Å². The van der Waals surface area contributed by atoms with Crippen molar-refractivity contribution in [3.8, 4) is 28.5 Å². The zero-order chi connectivity index (χ0) is 22.2. The minimum atomic E-state index is -0.582. The molecule has 3 rings (SSSR count). The number of nitriles is 1. The van der Waals surface area contributed by atoms with Crippen molar-refractivity contribution in [2.75, 3.05) is 13.7 Å². The van der Waals surface area contributed by atoms with Crippen LogP contribution in [0.3, 0.4) is 0 Å². The molecule has 31 heavy (non-hydrogen) atoms. The largest absolute Gasteiger partial charge is 0.468 e. The van der Waals surface area contributed by atoms with Gasteiger partial charge in [-0.15, -0.1) is 0 Å². The number of carbonyl (C=O) groups excluding carboxylic acids is 2. The fourth-order valence-corrected chi connectivity index (χ4v) is 3.05. The maximum Gasteiger partial charge on any atom is 0.325 e. The van der Waals surface area contributed by atoms with E-state index in [9.17, 15) is 19.6 Å². The van der Waals surface area contributed by atoms with Gasteiger partial charge in [-0.25, -0.2) is 4.68 Å². The Balaban J connectivity index is 2.03. The lowest BCUT2D eigenvalue weighted by Gasteiger charge is -2.14. The van der Waals surface area contributed by atoms with Gasteiger partial charge in [-0.05, 0) is 5.56 Å². The molecule has 0 saturated carbocycles. The van der Waals surface area contributed by atoms with Gasteiger partial charge in [-0.2, -0.15) is 10.4 Å². The maximum absolute atomic E-state index is 13.0. The van der Waals surface area contributed by atoms with Crippen LogP contribution in [-0.4, -0.2) is 35.3 Å². The average Bonchev–Trinajstić information content (AvgIpc) is 2.82. The van der Waals surface area contributed by atoms with Crippen LogP contribution >= 0.6 is 0 Å². The van der Waals surface area contributed by atoms with Gasteiger partial charge in [0.25, 0.3) is 5.56 Å². The lowest BCUT2D eigenvalue weighted by molar-refractivity contribution is -0.141. The molecule has 1 heterocycles. The van der Waals surface area contributed by atoms with E-state index in [1.165, 1.54) is 7.11 Å². The van der Waals surface area contributed by atoms with Crippen LogP contribution in [0.2, 0.25) is 0 Å². The van der Waals surface area contributed by atoms with Crippen LogP contribution in [0.1, 0.15) is 12.0 Å². The highest BCUT2D eigenvalue weighted by Gasteiger charge is 2.20. The van der Waals surface area contributed by atoms with E-state index in [1.54, 1.807) is 0 Å². The Morgan fingerprint density at radius 3 is 2.26 bits per heavy atom. The standard InChI is InChI=1S/C23H20N4O4/c1-31-20(29)15-25-19(28)12-13-27-23(30)18(14-24)21(16-8-4-2-5-9-16)22(26-27)17-10-6-3-7-11-17/h2-11H,12-13,15H2,1H3,(H,25,28). The molecule has 8 nitrogen and oxygen atoms in total. The summed E-state index contributed by atoms with van der Waals surface area (Å²) in [6.45, 7) is -0.307. The SMILES string of the molecule is COC(=O)CNC(=O)CCn1nc(-c2ccccc2)c(-c2ccccc2)c(C#N)c1=O. The summed E-state index contributed by atoms with van der Waals surface area (Å²) in [4.78, 5) is 36.2. The number of aryl methyl sites for hydroxylation is 1. The molecule has 0 atom stereocenters. The number of benzene rings is 2. The summed E-state index contributed by atoms with van der Waals surface area (Å²) in [6, 6.07) is 20.4. The fourth-order valence-electron chi connectivity index (χ4n) is 3.05. The van der Waals surface area contributed by atoms with E-state index in [4.69, 9.17) is 0 Å². The molecule has 0 aliphatic rings. The number of nitrogens with zero attached hydrogens (tertiary/aromatic N) is 3. The molecule has 1 N–H and O–H groups in total. The summed E-state index contributed by atoms with van der Waals surface area (Å²) >= 11 is 0. The molecule has 156 valence electrons. The third-order valence-corrected chi connectivity index (χ3v) is 4.59. The van der Waals surface area contributed by atoms with E-state index in [1.807, 2.05) is 66.7 Å². The molecule has 1 amide bonds. The number of ether oxygens (including phenoxy) is 1. The van der Waals surface area contributed by atoms with Crippen LogP contribution in [0.15, 0.2) is 65.5 Å². The van der Waals surface area contributed by atoms with Crippen molar-refractivity contribution in [2.45, 2.75) is 13.0 Å². The summed E-state index contributed by atoms with van der Waals surface area (Å²) < 4.78 is 5.59. The molecular formula is C23H20N4O4. The fraction of sp³-hybridized carbons (Fsp3) is 0.174. The van der Waals surface area contributed by atoms with Crippen molar-refractivity contribution in [1.29, 1.82) is 5.26 Å². The van der Waals surface area contributed by atoms with E-state index < -0.39 is 17.4 Å². The van der Waals surface area contributed by atoms with Gasteiger partial charge in [0, 0.05) is 17.5 Å². The Hall–Kier alpha value is -4.25. The first-order chi connectivity index (χ1) is 15.0. The maximum atomic E-state index is 13.0. The Labute approximate surface area is 178 Å². The highest BCUT2D eigenvalue weighted by molar-refractivity contribution is 5.84. The van der Waals surface area contributed by atoms with Crippen LogP contribution in [0.4, 0.5) is 0 Å². The lowest BCUT2D eigenvalue weighted by Crippen LogP contribution is -2.33. The van der Waals surface area contributed by atoms with Gasteiger partial charge in [-0.1, -0.05) is 60.7 Å². The topological polar surface area (TPSA) is 114 Å². The Morgan fingerprint density at radius 1 is 1.06 bits per heavy atom. The van der Waals surface area contributed by atoms with Crippen LogP contribution in [0.5, 0.6) is 0 Å². The number of amides is 1. The Bertz CT molecular complexity index is 1180. The first kappa shape index (κ1) is 21.5. The van der Waals surface area contributed by atoms with Crippen molar-refractivity contribution in [2.24, 2.45) is 0 Å². The Morgan fingerprint density at radius 2 is 1.68 bits per heavy atom. The van der Waals surface area contributed by atoms with E-state index in [0.29, 0.717) is 16.8 Å². The lowest BCUT2D eigenvalue weighted by atomic mass is 9.96. The van der Waals surface area contributed by atoms with Crippen LogP contribution in [0, 0.1) is 11.3 Å². The molecule has 1 aromatic heterocycles. The predicted molar refractivity (Wildman–Crippen MR) is 114 cm³/mol. The van der Waals surface area contributed by atoms with Crippen molar-refractivity contribution < 1.29 is 14.3 Å². The first-order valence-electron chi connectivity index (χ1n) is 9.54. The number of rotatable bonds is 7. The number of carbonyl (C=O) groups is 2. The number of hydrogen-bond donors (Lipinski definition) is 1. The molecule has 0 fully saturated rings. The quantitative estimate of drug-likeness (QED) is 0.590. The second-order valence-electron chi connectivity index (χ2n) is 6.57. The highest BCUT2D eigenvalue weighted by Crippen LogP contribution is 2.31. The van der Waals surface area contributed by atoms with Crippen molar-refractivity contribution in [3.63, 3.8) is 0 Å². The van der Waals surface area contributed by atoms with E-state index >= 15 is 0 Å². The van der Waals surface area contributed by atoms with Crippen molar-refractivity contribution in [1.82, 2.24) is 15.1 Å². The average molecular weight is 416 g/mol. The van der Waals surface area contributed by atoms with Gasteiger partial charge in [0.05, 0.1) is 13.7 Å². The molecule has 0 aliphatic carbocycles. The summed E-state index contributed by atoms with van der Waals surface area (Å²) in [7, 11) is 1.22. The van der Waals surface area contributed by atoms with Crippen LogP contribution in [0.25, 0.3) is 22.4 Å². The highest BCUT2D eigenvalue weighted by atomic mass is 16.5. The van der Waals surface area contributed by atoms with E-state index in [-0.39, 0.29) is 25.1 Å². The zero-order valence-electron chi connectivity index (χ0n) is 16.9. The van der Waals surface area contributed by atoms with Crippen molar-refractivity contribution in [3.05, 3.63) is 76.6 Å². The smallest absolute Gasteiger partial charge is 0.325 e. The molecule has 0 radical (unpaired) electrons. The monoisotopic (exact) mass is 416 g/mol. The van der Waals surface area contributed by atoms with Gasteiger partial charge >= 0.3 is 5.97 Å². The molecule has 0 bridgehead atoms. The second-order valence-corrected chi connectivity index (χ2v) is 6.57. The summed E-state index contributed by atoms with van der Waals surface area (Å²) in [6.07, 6.45) is -0.0896. The first-order valence-corrected chi connectivity index (χ1v) is 9.54. The van der Waals surface area contributed by atoms with Gasteiger partial charge in [0.1, 0.15) is 23.9 Å². The third-order valence-electron chi connectivity index (χ3n) is 4.59. The normalized spacial score (nSPS) is 10.2. The van der Waals surface area contributed by atoms with E-state index in [2.05, 4.69) is 15.2 Å². The molecule has 2 aromatic carbocycles. The predicted octanol–water partition coefficient (Wildman–Crippen LogP) is 2.13. The molecule has 0 aliphatic heterocycles. The molecule has 0 spiro atoms. The number of aromatic nitrogens is 2. The van der Waals surface area contributed by atoms with Gasteiger partial charge < -0.3 is 10.1 Å². The van der Waals surface area contributed by atoms with E-state index in [0.717, 1.165) is 10.2 Å². The molecule has 8 heteroatoms. The second kappa shape index (κ2) is 9.98. The minimum Gasteiger partial charge on any atom is -0.468 e. The molecule has 0 saturated heterocycles. The van der Waals surface area contributed by atoms with Crippen molar-refractivity contribution >= 4 is 11.9 Å². The minimum absolute atomic E-state index is 0.0462. The number of hydrogen-bond acceptors (Lipinski definition) is 6. The Kier molecular flexibility index (Phi) is 6.91. The van der Waals surface area contributed by atoms with Gasteiger partial charge in [0.2, 0.25) is 5.91 Å². The molecule has 3 aromatic rings. The van der Waals surface area contributed by atoms with Crippen LogP contribution in [-0.2, 0) is 20.9 Å². The molecule has 0 unspecified atom stereocenters. The third kappa shape index (κ3) is 5.03. The molecular weight excluding hydrogens is 396 g/mol. The number of esters is 1. The summed E-state index contributed by atoms with van der Waals surface area (Å²) in [5, 5.41) is 16.7. The van der Waals surface area contributed by atoms with Gasteiger partial charge in [-0.3, -0.25) is 14.4 Å².